The molecule has 0 spiro atoms. The smallest absolute Gasteiger partial charge is 0.137 e. The lowest BCUT2D eigenvalue weighted by atomic mass is 10.1. The second-order valence-corrected chi connectivity index (χ2v) is 4.30. The van der Waals surface area contributed by atoms with Crippen LogP contribution in [0.5, 0.6) is 0 Å². The van der Waals surface area contributed by atoms with Crippen LogP contribution in [0, 0.1) is 0 Å². The maximum absolute atomic E-state index is 4.24. The van der Waals surface area contributed by atoms with E-state index in [9.17, 15) is 0 Å². The van der Waals surface area contributed by atoms with Crippen LogP contribution in [0.2, 0.25) is 0 Å². The Morgan fingerprint density at radius 1 is 0.789 bits per heavy atom. The standard InChI is InChI=1S/C17H14N2/c1-2-4-14(5-3-1)6-7-15-8-10-16(11-9-15)17-18-12-13-19-17/h1-13H,(H,18,19)/b7-6-. The number of rotatable bonds is 3. The number of aromatic amines is 1. The highest BCUT2D eigenvalue weighted by Crippen LogP contribution is 2.16. The summed E-state index contributed by atoms with van der Waals surface area (Å²) in [5.41, 5.74) is 3.48. The molecule has 2 aromatic carbocycles. The molecule has 0 unspecified atom stereocenters. The third-order valence-corrected chi connectivity index (χ3v) is 2.95. The molecule has 19 heavy (non-hydrogen) atoms. The number of H-pyrrole nitrogens is 1. The molecule has 0 saturated heterocycles. The summed E-state index contributed by atoms with van der Waals surface area (Å²) >= 11 is 0. The maximum atomic E-state index is 4.24. The summed E-state index contributed by atoms with van der Waals surface area (Å²) in [7, 11) is 0. The first-order valence-electron chi connectivity index (χ1n) is 6.25. The van der Waals surface area contributed by atoms with Gasteiger partial charge >= 0.3 is 0 Å². The van der Waals surface area contributed by atoms with Gasteiger partial charge in [0.2, 0.25) is 0 Å². The van der Waals surface area contributed by atoms with Crippen LogP contribution in [0.4, 0.5) is 0 Å². The van der Waals surface area contributed by atoms with Crippen LogP contribution in [0.15, 0.2) is 67.0 Å². The predicted molar refractivity (Wildman–Crippen MR) is 79.4 cm³/mol. The highest BCUT2D eigenvalue weighted by Gasteiger charge is 1.98. The van der Waals surface area contributed by atoms with E-state index in [4.69, 9.17) is 0 Å². The molecule has 92 valence electrons. The summed E-state index contributed by atoms with van der Waals surface area (Å²) in [5.74, 6) is 0.901. The summed E-state index contributed by atoms with van der Waals surface area (Å²) in [5, 5.41) is 0. The highest BCUT2D eigenvalue weighted by atomic mass is 14.9. The molecule has 1 N–H and O–H groups in total. The van der Waals surface area contributed by atoms with Crippen molar-refractivity contribution in [1.29, 1.82) is 0 Å². The minimum absolute atomic E-state index is 0.901. The quantitative estimate of drug-likeness (QED) is 0.688. The molecule has 0 saturated carbocycles. The minimum atomic E-state index is 0.901. The summed E-state index contributed by atoms with van der Waals surface area (Å²) < 4.78 is 0. The van der Waals surface area contributed by atoms with Crippen LogP contribution >= 0.6 is 0 Å². The van der Waals surface area contributed by atoms with E-state index in [0.717, 1.165) is 11.4 Å². The van der Waals surface area contributed by atoms with Gasteiger partial charge in [-0.25, -0.2) is 4.98 Å². The minimum Gasteiger partial charge on any atom is -0.345 e. The Bertz CT molecular complexity index is 650. The first kappa shape index (κ1) is 11.5. The molecule has 3 aromatic rings. The Kier molecular flexibility index (Phi) is 3.24. The number of hydrogen-bond acceptors (Lipinski definition) is 1. The lowest BCUT2D eigenvalue weighted by Crippen LogP contribution is -1.80. The van der Waals surface area contributed by atoms with Crippen LogP contribution in [-0.4, -0.2) is 9.97 Å². The van der Waals surface area contributed by atoms with Gasteiger partial charge in [0.1, 0.15) is 5.82 Å². The lowest BCUT2D eigenvalue weighted by Gasteiger charge is -1.98. The first-order valence-corrected chi connectivity index (χ1v) is 6.25. The molecule has 2 nitrogen and oxygen atoms in total. The Morgan fingerprint density at radius 2 is 1.47 bits per heavy atom. The van der Waals surface area contributed by atoms with Crippen molar-refractivity contribution in [2.24, 2.45) is 0 Å². The van der Waals surface area contributed by atoms with Gasteiger partial charge in [0.25, 0.3) is 0 Å². The van der Waals surface area contributed by atoms with Crippen molar-refractivity contribution < 1.29 is 0 Å². The average molecular weight is 246 g/mol. The van der Waals surface area contributed by atoms with Gasteiger partial charge in [-0.05, 0) is 11.1 Å². The zero-order valence-electron chi connectivity index (χ0n) is 10.5. The van der Waals surface area contributed by atoms with E-state index >= 15 is 0 Å². The lowest BCUT2D eigenvalue weighted by molar-refractivity contribution is 1.31. The van der Waals surface area contributed by atoms with Crippen molar-refractivity contribution >= 4 is 12.2 Å². The van der Waals surface area contributed by atoms with Crippen molar-refractivity contribution in [2.45, 2.75) is 0 Å². The van der Waals surface area contributed by atoms with E-state index in [-0.39, 0.29) is 0 Å². The maximum Gasteiger partial charge on any atom is 0.137 e. The number of nitrogens with one attached hydrogen (secondary N) is 1. The van der Waals surface area contributed by atoms with Crippen molar-refractivity contribution in [3.63, 3.8) is 0 Å². The number of benzene rings is 2. The van der Waals surface area contributed by atoms with E-state index in [1.807, 2.05) is 24.4 Å². The average Bonchev–Trinajstić information content (AvgIpc) is 3.01. The monoisotopic (exact) mass is 246 g/mol. The molecule has 0 radical (unpaired) electrons. The number of hydrogen-bond donors (Lipinski definition) is 1. The van der Waals surface area contributed by atoms with Crippen molar-refractivity contribution in [3.8, 4) is 11.4 Å². The molecular formula is C17H14N2. The normalized spacial score (nSPS) is 10.9. The van der Waals surface area contributed by atoms with Crippen LogP contribution in [0.25, 0.3) is 23.5 Å². The van der Waals surface area contributed by atoms with E-state index < -0.39 is 0 Å². The van der Waals surface area contributed by atoms with Gasteiger partial charge in [0.05, 0.1) is 0 Å². The molecule has 0 bridgehead atoms. The zero-order valence-corrected chi connectivity index (χ0v) is 10.5. The van der Waals surface area contributed by atoms with Gasteiger partial charge in [-0.15, -0.1) is 0 Å². The summed E-state index contributed by atoms with van der Waals surface area (Å²) in [4.78, 5) is 7.34. The summed E-state index contributed by atoms with van der Waals surface area (Å²) in [6.45, 7) is 0. The molecule has 1 heterocycles. The van der Waals surface area contributed by atoms with Crippen molar-refractivity contribution in [2.75, 3.05) is 0 Å². The fourth-order valence-electron chi connectivity index (χ4n) is 1.93. The van der Waals surface area contributed by atoms with Gasteiger partial charge in [0, 0.05) is 18.0 Å². The third-order valence-electron chi connectivity index (χ3n) is 2.95. The molecule has 0 aliphatic heterocycles. The Labute approximate surface area is 112 Å². The van der Waals surface area contributed by atoms with E-state index in [2.05, 4.69) is 58.5 Å². The number of nitrogens with zero attached hydrogens (tertiary/aromatic N) is 1. The van der Waals surface area contributed by atoms with Gasteiger partial charge < -0.3 is 4.98 Å². The molecular weight excluding hydrogens is 232 g/mol. The van der Waals surface area contributed by atoms with Crippen LogP contribution in [0.3, 0.4) is 0 Å². The van der Waals surface area contributed by atoms with Gasteiger partial charge in [0.15, 0.2) is 0 Å². The second-order valence-electron chi connectivity index (χ2n) is 4.30. The molecule has 0 aliphatic carbocycles. The number of imidazole rings is 1. The first-order chi connectivity index (χ1) is 9.42. The van der Waals surface area contributed by atoms with E-state index in [0.29, 0.717) is 0 Å². The van der Waals surface area contributed by atoms with Crippen LogP contribution < -0.4 is 0 Å². The highest BCUT2D eigenvalue weighted by molar-refractivity contribution is 5.70. The fraction of sp³-hybridized carbons (Fsp3) is 0. The molecule has 0 fully saturated rings. The largest absolute Gasteiger partial charge is 0.345 e. The Morgan fingerprint density at radius 3 is 2.11 bits per heavy atom. The summed E-state index contributed by atoms with van der Waals surface area (Å²) in [6.07, 6.45) is 7.82. The Hall–Kier alpha value is -2.61. The molecule has 3 rings (SSSR count). The van der Waals surface area contributed by atoms with Crippen molar-refractivity contribution in [1.82, 2.24) is 9.97 Å². The molecule has 0 amide bonds. The number of aromatic nitrogens is 2. The molecule has 0 atom stereocenters. The van der Waals surface area contributed by atoms with Crippen molar-refractivity contribution in [3.05, 3.63) is 78.1 Å². The third kappa shape index (κ3) is 2.80. The van der Waals surface area contributed by atoms with E-state index in [1.54, 1.807) is 6.20 Å². The van der Waals surface area contributed by atoms with Gasteiger partial charge in [-0.2, -0.15) is 0 Å². The Balaban J connectivity index is 1.78. The van der Waals surface area contributed by atoms with Gasteiger partial charge in [-0.1, -0.05) is 66.7 Å². The topological polar surface area (TPSA) is 28.7 Å². The fourth-order valence-corrected chi connectivity index (χ4v) is 1.93. The van der Waals surface area contributed by atoms with E-state index in [1.165, 1.54) is 11.1 Å². The molecule has 0 aliphatic rings. The van der Waals surface area contributed by atoms with Crippen LogP contribution in [0.1, 0.15) is 11.1 Å². The molecule has 2 heteroatoms. The molecule has 1 aromatic heterocycles. The summed E-state index contributed by atoms with van der Waals surface area (Å²) in [6, 6.07) is 18.6. The second kappa shape index (κ2) is 5.36. The SMILES string of the molecule is C(=C/c1ccc(-c2ncc[nH]2)cc1)/c1ccccc1. The van der Waals surface area contributed by atoms with Crippen LogP contribution in [-0.2, 0) is 0 Å². The predicted octanol–water partition coefficient (Wildman–Crippen LogP) is 4.25. The van der Waals surface area contributed by atoms with Gasteiger partial charge in [-0.3, -0.25) is 0 Å². The zero-order chi connectivity index (χ0) is 12.9.